The van der Waals surface area contributed by atoms with Crippen molar-refractivity contribution < 1.29 is 18.3 Å². The zero-order valence-electron chi connectivity index (χ0n) is 11.6. The number of nitrogens with zero attached hydrogens (tertiary/aromatic N) is 2. The summed E-state index contributed by atoms with van der Waals surface area (Å²) in [7, 11) is 1.80. The van der Waals surface area contributed by atoms with Gasteiger partial charge in [0.25, 0.3) is 0 Å². The molecule has 4 nitrogen and oxygen atoms in total. The van der Waals surface area contributed by atoms with Crippen LogP contribution < -0.4 is 5.32 Å². The Labute approximate surface area is 112 Å². The van der Waals surface area contributed by atoms with E-state index in [4.69, 9.17) is 0 Å². The van der Waals surface area contributed by atoms with Crippen molar-refractivity contribution in [1.82, 2.24) is 15.1 Å². The molecule has 0 bridgehead atoms. The van der Waals surface area contributed by atoms with Gasteiger partial charge in [0.2, 0.25) is 0 Å². The van der Waals surface area contributed by atoms with Crippen LogP contribution in [0, 0.1) is 0 Å². The van der Waals surface area contributed by atoms with Gasteiger partial charge in [0.05, 0.1) is 13.2 Å². The van der Waals surface area contributed by atoms with E-state index in [1.54, 1.807) is 7.05 Å². The van der Waals surface area contributed by atoms with Gasteiger partial charge in [-0.2, -0.15) is 13.2 Å². The van der Waals surface area contributed by atoms with Crippen molar-refractivity contribution in [2.24, 2.45) is 0 Å². The van der Waals surface area contributed by atoms with Crippen LogP contribution in [-0.2, 0) is 0 Å². The first kappa shape index (κ1) is 16.7. The number of likely N-dealkylation sites (N-methyl/N-ethyl adjacent to an activating group) is 1. The minimum Gasteiger partial charge on any atom is -0.394 e. The minimum atomic E-state index is -4.11. The highest BCUT2D eigenvalue weighted by Crippen LogP contribution is 2.18. The van der Waals surface area contributed by atoms with Gasteiger partial charge >= 0.3 is 6.18 Å². The summed E-state index contributed by atoms with van der Waals surface area (Å²) in [5.41, 5.74) is -0.316. The SMILES string of the molecule is CNC(C)(CO)CCN1CCN(CC(F)(F)F)CC1. The molecule has 0 radical (unpaired) electrons. The van der Waals surface area contributed by atoms with Gasteiger partial charge in [0.15, 0.2) is 0 Å². The topological polar surface area (TPSA) is 38.7 Å². The Bertz CT molecular complexity index is 261. The summed E-state index contributed by atoms with van der Waals surface area (Å²) in [6, 6.07) is 0. The smallest absolute Gasteiger partial charge is 0.394 e. The molecule has 1 aliphatic heterocycles. The molecular formula is C12H24F3N3O. The van der Waals surface area contributed by atoms with Crippen molar-refractivity contribution in [1.29, 1.82) is 0 Å². The van der Waals surface area contributed by atoms with Crippen LogP contribution in [0.3, 0.4) is 0 Å². The van der Waals surface area contributed by atoms with Gasteiger partial charge in [0, 0.05) is 38.3 Å². The highest BCUT2D eigenvalue weighted by atomic mass is 19.4. The van der Waals surface area contributed by atoms with Gasteiger partial charge in [0.1, 0.15) is 0 Å². The fourth-order valence-corrected chi connectivity index (χ4v) is 2.11. The van der Waals surface area contributed by atoms with Crippen molar-refractivity contribution in [2.45, 2.75) is 25.1 Å². The highest BCUT2D eigenvalue weighted by molar-refractivity contribution is 4.83. The van der Waals surface area contributed by atoms with E-state index in [1.165, 1.54) is 4.90 Å². The molecule has 0 spiro atoms. The van der Waals surface area contributed by atoms with E-state index in [2.05, 4.69) is 10.2 Å². The van der Waals surface area contributed by atoms with Gasteiger partial charge < -0.3 is 15.3 Å². The van der Waals surface area contributed by atoms with Gasteiger partial charge in [-0.05, 0) is 20.4 Å². The first-order valence-corrected chi connectivity index (χ1v) is 6.59. The second kappa shape index (κ2) is 6.88. The van der Waals surface area contributed by atoms with E-state index in [1.807, 2.05) is 6.92 Å². The second-order valence-corrected chi connectivity index (χ2v) is 5.45. The molecule has 7 heteroatoms. The first-order chi connectivity index (χ1) is 8.78. The predicted molar refractivity (Wildman–Crippen MR) is 68.1 cm³/mol. The average molecular weight is 283 g/mol. The molecule has 0 aromatic heterocycles. The molecule has 1 unspecified atom stereocenters. The molecule has 0 saturated carbocycles. The molecule has 1 atom stereocenters. The van der Waals surface area contributed by atoms with E-state index in [0.29, 0.717) is 26.2 Å². The van der Waals surface area contributed by atoms with Gasteiger partial charge in [-0.1, -0.05) is 0 Å². The van der Waals surface area contributed by atoms with Gasteiger partial charge in [-0.15, -0.1) is 0 Å². The van der Waals surface area contributed by atoms with Crippen LogP contribution in [0.4, 0.5) is 13.2 Å². The molecular weight excluding hydrogens is 259 g/mol. The molecule has 0 amide bonds. The quantitative estimate of drug-likeness (QED) is 0.746. The van der Waals surface area contributed by atoms with E-state index in [-0.39, 0.29) is 12.1 Å². The fourth-order valence-electron chi connectivity index (χ4n) is 2.11. The molecule has 114 valence electrons. The summed E-state index contributed by atoms with van der Waals surface area (Å²) in [5, 5.41) is 12.3. The summed E-state index contributed by atoms with van der Waals surface area (Å²) in [5.74, 6) is 0. The molecule has 1 aliphatic rings. The molecule has 0 aromatic rings. The van der Waals surface area contributed by atoms with Crippen LogP contribution in [0.5, 0.6) is 0 Å². The lowest BCUT2D eigenvalue weighted by molar-refractivity contribution is -0.149. The Balaban J connectivity index is 2.27. The van der Waals surface area contributed by atoms with E-state index >= 15 is 0 Å². The number of rotatable bonds is 6. The number of alkyl halides is 3. The molecule has 1 rings (SSSR count). The lowest BCUT2D eigenvalue weighted by Crippen LogP contribution is -2.51. The molecule has 19 heavy (non-hydrogen) atoms. The van der Waals surface area contributed by atoms with E-state index < -0.39 is 12.7 Å². The fraction of sp³-hybridized carbons (Fsp3) is 1.00. The van der Waals surface area contributed by atoms with Crippen LogP contribution in [0.2, 0.25) is 0 Å². The summed E-state index contributed by atoms with van der Waals surface area (Å²) >= 11 is 0. The number of nitrogens with one attached hydrogen (secondary N) is 1. The maximum Gasteiger partial charge on any atom is 0.401 e. The van der Waals surface area contributed by atoms with E-state index in [9.17, 15) is 18.3 Å². The summed E-state index contributed by atoms with van der Waals surface area (Å²) < 4.78 is 36.7. The normalized spacial score (nSPS) is 22.4. The van der Waals surface area contributed by atoms with Crippen LogP contribution in [0.1, 0.15) is 13.3 Å². The predicted octanol–water partition coefficient (Wildman–Crippen LogP) is 0.527. The maximum atomic E-state index is 12.2. The van der Waals surface area contributed by atoms with E-state index in [0.717, 1.165) is 13.0 Å². The van der Waals surface area contributed by atoms with Crippen LogP contribution in [-0.4, -0.2) is 79.5 Å². The molecule has 1 heterocycles. The monoisotopic (exact) mass is 283 g/mol. The maximum absolute atomic E-state index is 12.2. The summed E-state index contributed by atoms with van der Waals surface area (Å²) in [4.78, 5) is 3.60. The van der Waals surface area contributed by atoms with Crippen LogP contribution in [0.25, 0.3) is 0 Å². The highest BCUT2D eigenvalue weighted by Gasteiger charge is 2.32. The Morgan fingerprint density at radius 1 is 1.11 bits per heavy atom. The lowest BCUT2D eigenvalue weighted by atomic mass is 9.99. The number of hydrogen-bond donors (Lipinski definition) is 2. The Kier molecular flexibility index (Phi) is 6.04. The standard InChI is InChI=1S/C12H24F3N3O/c1-11(10-19,16-2)3-4-17-5-7-18(8-6-17)9-12(13,14)15/h16,19H,3-10H2,1-2H3. The van der Waals surface area contributed by atoms with Crippen molar-refractivity contribution in [3.05, 3.63) is 0 Å². The number of hydrogen-bond acceptors (Lipinski definition) is 4. The molecule has 0 aromatic carbocycles. The number of aliphatic hydroxyl groups excluding tert-OH is 1. The van der Waals surface area contributed by atoms with Crippen molar-refractivity contribution in [3.63, 3.8) is 0 Å². The zero-order chi connectivity index (χ0) is 14.5. The van der Waals surface area contributed by atoms with Crippen LogP contribution >= 0.6 is 0 Å². The van der Waals surface area contributed by atoms with Crippen molar-refractivity contribution in [3.8, 4) is 0 Å². The average Bonchev–Trinajstić information content (AvgIpc) is 2.36. The zero-order valence-corrected chi connectivity index (χ0v) is 11.6. The number of aliphatic hydroxyl groups is 1. The summed E-state index contributed by atoms with van der Waals surface area (Å²) in [6.45, 7) is 4.18. The van der Waals surface area contributed by atoms with Gasteiger partial charge in [-0.25, -0.2) is 0 Å². The molecule has 2 N–H and O–H groups in total. The Morgan fingerprint density at radius 3 is 2.05 bits per heavy atom. The summed E-state index contributed by atoms with van der Waals surface area (Å²) in [6.07, 6.45) is -3.33. The molecule has 1 fully saturated rings. The number of halogens is 3. The second-order valence-electron chi connectivity index (χ2n) is 5.45. The third-order valence-electron chi connectivity index (χ3n) is 3.80. The third kappa shape index (κ3) is 6.07. The first-order valence-electron chi connectivity index (χ1n) is 6.59. The van der Waals surface area contributed by atoms with Crippen LogP contribution in [0.15, 0.2) is 0 Å². The molecule has 0 aliphatic carbocycles. The lowest BCUT2D eigenvalue weighted by Gasteiger charge is -2.37. The Morgan fingerprint density at radius 2 is 1.63 bits per heavy atom. The number of piperazine rings is 1. The molecule has 1 saturated heterocycles. The third-order valence-corrected chi connectivity index (χ3v) is 3.80. The minimum absolute atomic E-state index is 0.0531. The van der Waals surface area contributed by atoms with Crippen molar-refractivity contribution >= 4 is 0 Å². The van der Waals surface area contributed by atoms with Gasteiger partial charge in [-0.3, -0.25) is 4.90 Å². The largest absolute Gasteiger partial charge is 0.401 e. The van der Waals surface area contributed by atoms with Crippen molar-refractivity contribution in [2.75, 3.05) is 52.9 Å². The Hall–Kier alpha value is -0.370.